The molecular formula is C25H19Cl3N2O4S2. The summed E-state index contributed by atoms with van der Waals surface area (Å²) >= 11 is 24.7. The maximum atomic E-state index is 12.9. The SMILES string of the molecule is O=C(NC(Oc1ccc(/C=C2\SC(=S)N(CCc3ccccc3)C2=O)cc1)C(Cl)(Cl)Cl)c1ccco1. The number of thioether (sulfide) groups is 1. The van der Waals surface area contributed by atoms with Gasteiger partial charge in [0.05, 0.1) is 11.2 Å². The van der Waals surface area contributed by atoms with Gasteiger partial charge in [-0.2, -0.15) is 0 Å². The van der Waals surface area contributed by atoms with E-state index in [4.69, 9.17) is 56.2 Å². The van der Waals surface area contributed by atoms with E-state index < -0.39 is 15.9 Å². The van der Waals surface area contributed by atoms with Gasteiger partial charge in [-0.15, -0.1) is 0 Å². The van der Waals surface area contributed by atoms with Crippen molar-refractivity contribution in [2.45, 2.75) is 16.4 Å². The van der Waals surface area contributed by atoms with Crippen molar-refractivity contribution in [1.82, 2.24) is 10.2 Å². The summed E-state index contributed by atoms with van der Waals surface area (Å²) in [6.07, 6.45) is 2.55. The average molecular weight is 582 g/mol. The lowest BCUT2D eigenvalue weighted by atomic mass is 10.1. The van der Waals surface area contributed by atoms with E-state index in [2.05, 4.69) is 5.32 Å². The first-order chi connectivity index (χ1) is 17.2. The van der Waals surface area contributed by atoms with Crippen molar-refractivity contribution >= 4 is 81.0 Å². The summed E-state index contributed by atoms with van der Waals surface area (Å²) in [4.78, 5) is 27.3. The van der Waals surface area contributed by atoms with Gasteiger partial charge < -0.3 is 14.5 Å². The third-order valence-electron chi connectivity index (χ3n) is 5.08. The van der Waals surface area contributed by atoms with E-state index >= 15 is 0 Å². The van der Waals surface area contributed by atoms with Crippen LogP contribution in [0.2, 0.25) is 0 Å². The van der Waals surface area contributed by atoms with Gasteiger partial charge in [0.1, 0.15) is 10.1 Å². The first kappa shape index (κ1) is 26.6. The zero-order chi connectivity index (χ0) is 25.7. The predicted molar refractivity (Wildman–Crippen MR) is 147 cm³/mol. The summed E-state index contributed by atoms with van der Waals surface area (Å²) in [7, 11) is 0. The average Bonchev–Trinajstić information content (AvgIpc) is 3.47. The molecule has 0 radical (unpaired) electrons. The molecule has 1 atom stereocenters. The number of thiocarbonyl (C=S) groups is 1. The highest BCUT2D eigenvalue weighted by Gasteiger charge is 2.37. The van der Waals surface area contributed by atoms with E-state index in [0.29, 0.717) is 27.9 Å². The third-order valence-corrected chi connectivity index (χ3v) is 7.05. The van der Waals surface area contributed by atoms with Crippen LogP contribution in [0, 0.1) is 0 Å². The molecule has 2 amide bonds. The molecule has 0 aliphatic carbocycles. The number of alkyl halides is 3. The second-order valence-corrected chi connectivity index (χ2v) is 11.7. The Labute approximate surface area is 232 Å². The fourth-order valence-electron chi connectivity index (χ4n) is 3.28. The minimum absolute atomic E-state index is 0.0503. The molecule has 1 fully saturated rings. The first-order valence-corrected chi connectivity index (χ1v) is 13.0. The molecule has 2 aromatic carbocycles. The number of hydrogen-bond acceptors (Lipinski definition) is 6. The number of nitrogens with zero attached hydrogens (tertiary/aromatic N) is 1. The number of carbonyl (C=O) groups is 2. The molecule has 1 N–H and O–H groups in total. The van der Waals surface area contributed by atoms with Crippen LogP contribution in [0.5, 0.6) is 5.75 Å². The smallest absolute Gasteiger partial charge is 0.289 e. The summed E-state index contributed by atoms with van der Waals surface area (Å²) in [6.45, 7) is 0.515. The van der Waals surface area contributed by atoms with Crippen molar-refractivity contribution in [2.75, 3.05) is 6.54 Å². The highest BCUT2D eigenvalue weighted by molar-refractivity contribution is 8.26. The van der Waals surface area contributed by atoms with E-state index in [9.17, 15) is 9.59 Å². The molecule has 186 valence electrons. The maximum absolute atomic E-state index is 12.9. The van der Waals surface area contributed by atoms with Crippen molar-refractivity contribution in [3.05, 3.63) is 94.8 Å². The number of furan rings is 1. The molecule has 0 saturated carbocycles. The van der Waals surface area contributed by atoms with E-state index in [1.807, 2.05) is 30.3 Å². The summed E-state index contributed by atoms with van der Waals surface area (Å²) < 4.78 is 9.34. The van der Waals surface area contributed by atoms with Crippen molar-refractivity contribution < 1.29 is 18.7 Å². The van der Waals surface area contributed by atoms with Crippen molar-refractivity contribution in [2.24, 2.45) is 0 Å². The first-order valence-electron chi connectivity index (χ1n) is 10.7. The van der Waals surface area contributed by atoms with E-state index in [-0.39, 0.29) is 11.7 Å². The number of carbonyl (C=O) groups excluding carboxylic acids is 2. The lowest BCUT2D eigenvalue weighted by molar-refractivity contribution is -0.122. The van der Waals surface area contributed by atoms with Gasteiger partial charge >= 0.3 is 0 Å². The zero-order valence-corrected chi connectivity index (χ0v) is 22.4. The Morgan fingerprint density at radius 1 is 1.11 bits per heavy atom. The van der Waals surface area contributed by atoms with Gasteiger partial charge in [-0.1, -0.05) is 101 Å². The van der Waals surface area contributed by atoms with Gasteiger partial charge in [0, 0.05) is 6.54 Å². The Kier molecular flexibility index (Phi) is 8.64. The molecule has 1 aliphatic heterocycles. The molecule has 1 aliphatic rings. The van der Waals surface area contributed by atoms with Crippen LogP contribution in [0.25, 0.3) is 6.08 Å². The van der Waals surface area contributed by atoms with E-state index in [0.717, 1.165) is 11.1 Å². The van der Waals surface area contributed by atoms with Crippen molar-refractivity contribution in [1.29, 1.82) is 0 Å². The lowest BCUT2D eigenvalue weighted by Gasteiger charge is -2.26. The second-order valence-electron chi connectivity index (χ2n) is 7.63. The molecule has 1 saturated heterocycles. The predicted octanol–water partition coefficient (Wildman–Crippen LogP) is 6.23. The summed E-state index contributed by atoms with van der Waals surface area (Å²) in [5.41, 5.74) is 1.90. The molecule has 2 heterocycles. The molecule has 11 heteroatoms. The van der Waals surface area contributed by atoms with Crippen LogP contribution in [-0.2, 0) is 11.2 Å². The second kappa shape index (κ2) is 11.7. The highest BCUT2D eigenvalue weighted by atomic mass is 35.6. The largest absolute Gasteiger partial charge is 0.466 e. The van der Waals surface area contributed by atoms with Gasteiger partial charge in [-0.05, 0) is 47.9 Å². The number of hydrogen-bond donors (Lipinski definition) is 1. The number of amides is 2. The van der Waals surface area contributed by atoms with Crippen LogP contribution in [0.1, 0.15) is 21.7 Å². The molecule has 3 aromatic rings. The van der Waals surface area contributed by atoms with Crippen LogP contribution in [-0.4, -0.2) is 37.6 Å². The molecule has 4 rings (SSSR count). The number of nitrogens with one attached hydrogen (secondary N) is 1. The minimum atomic E-state index is -1.95. The van der Waals surface area contributed by atoms with Gasteiger partial charge in [-0.3, -0.25) is 14.5 Å². The van der Waals surface area contributed by atoms with Crippen LogP contribution in [0.15, 0.2) is 82.3 Å². The molecule has 6 nitrogen and oxygen atoms in total. The molecular weight excluding hydrogens is 563 g/mol. The standard InChI is InChI=1S/C25H19Cl3N2O4S2/c26-25(27,28)23(29-21(31)19-7-4-14-33-19)34-18-10-8-17(9-11-18)15-20-22(32)30(24(35)36-20)13-12-16-5-2-1-3-6-16/h1-11,14-15,23H,12-13H2,(H,29,31)/b20-15-. The van der Waals surface area contributed by atoms with E-state index in [1.165, 1.54) is 24.1 Å². The minimum Gasteiger partial charge on any atom is -0.466 e. The Hall–Kier alpha value is -2.49. The van der Waals surface area contributed by atoms with Gasteiger partial charge in [0.15, 0.2) is 5.76 Å². The number of rotatable bonds is 8. The topological polar surface area (TPSA) is 71.8 Å². The fourth-order valence-corrected chi connectivity index (χ4v) is 4.89. The maximum Gasteiger partial charge on any atom is 0.289 e. The number of benzene rings is 2. The van der Waals surface area contributed by atoms with Crippen molar-refractivity contribution in [3.63, 3.8) is 0 Å². The normalized spacial score (nSPS) is 15.9. The van der Waals surface area contributed by atoms with E-state index in [1.54, 1.807) is 41.3 Å². The number of ether oxygens (including phenoxy) is 1. The van der Waals surface area contributed by atoms with Crippen LogP contribution < -0.4 is 10.1 Å². The highest BCUT2D eigenvalue weighted by Crippen LogP contribution is 2.34. The summed E-state index contributed by atoms with van der Waals surface area (Å²) in [5.74, 6) is -0.326. The summed E-state index contributed by atoms with van der Waals surface area (Å²) in [5, 5.41) is 2.49. The Bertz CT molecular complexity index is 1260. The lowest BCUT2D eigenvalue weighted by Crippen LogP contribution is -2.47. The quantitative estimate of drug-likeness (QED) is 0.147. The monoisotopic (exact) mass is 580 g/mol. The Morgan fingerprint density at radius 3 is 2.47 bits per heavy atom. The third kappa shape index (κ3) is 6.83. The Balaban J connectivity index is 1.40. The number of halogens is 3. The zero-order valence-electron chi connectivity index (χ0n) is 18.5. The van der Waals surface area contributed by atoms with Gasteiger partial charge in [-0.25, -0.2) is 0 Å². The van der Waals surface area contributed by atoms with Gasteiger partial charge in [0.2, 0.25) is 10.0 Å². The molecule has 1 unspecified atom stereocenters. The Morgan fingerprint density at radius 2 is 1.83 bits per heavy atom. The molecule has 36 heavy (non-hydrogen) atoms. The summed E-state index contributed by atoms with van der Waals surface area (Å²) in [6, 6.07) is 19.8. The van der Waals surface area contributed by atoms with Gasteiger partial charge in [0.25, 0.3) is 11.8 Å². The molecule has 0 bridgehead atoms. The van der Waals surface area contributed by atoms with Crippen LogP contribution >= 0.6 is 58.8 Å². The van der Waals surface area contributed by atoms with Crippen LogP contribution in [0.4, 0.5) is 0 Å². The molecule has 0 spiro atoms. The van der Waals surface area contributed by atoms with Crippen LogP contribution in [0.3, 0.4) is 0 Å². The fraction of sp³-hybridized carbons (Fsp3) is 0.160. The molecule has 1 aromatic heterocycles. The van der Waals surface area contributed by atoms with Crippen molar-refractivity contribution in [3.8, 4) is 5.75 Å².